The Morgan fingerprint density at radius 3 is 2.48 bits per heavy atom. The highest BCUT2D eigenvalue weighted by Crippen LogP contribution is 2.31. The molecular formula is C30H28N8O2. The van der Waals surface area contributed by atoms with Crippen molar-refractivity contribution in [1.82, 2.24) is 34.3 Å². The minimum Gasteiger partial charge on any atom is -0.383 e. The number of nitrogens with two attached hydrogens (primary N) is 1. The number of benzene rings is 1. The Bertz CT molecular complexity index is 1770. The van der Waals surface area contributed by atoms with Crippen LogP contribution in [0.15, 0.2) is 90.5 Å². The molecule has 10 heteroatoms. The molecule has 6 rings (SSSR count). The summed E-state index contributed by atoms with van der Waals surface area (Å²) in [6.07, 6.45) is 4.61. The molecule has 1 aromatic carbocycles. The molecule has 1 saturated heterocycles. The zero-order valence-corrected chi connectivity index (χ0v) is 21.8. The summed E-state index contributed by atoms with van der Waals surface area (Å²) in [4.78, 5) is 45.2. The summed E-state index contributed by atoms with van der Waals surface area (Å²) >= 11 is 0. The minimum atomic E-state index is -0.212. The SMILES string of the molecule is C=CC(=O)N1CCN(Cc2ccc(-n3c(-c4cccnc4N)nc4ccc(-c5ccc[nH]c5=O)nc43)cc2)CC1. The predicted molar refractivity (Wildman–Crippen MR) is 155 cm³/mol. The van der Waals surface area contributed by atoms with Crippen LogP contribution in [0.2, 0.25) is 0 Å². The number of aromatic nitrogens is 5. The molecule has 0 spiro atoms. The van der Waals surface area contributed by atoms with E-state index >= 15 is 0 Å². The van der Waals surface area contributed by atoms with E-state index in [0.29, 0.717) is 52.7 Å². The van der Waals surface area contributed by atoms with Crippen LogP contribution in [-0.2, 0) is 11.3 Å². The third-order valence-electron chi connectivity index (χ3n) is 7.14. The van der Waals surface area contributed by atoms with Crippen LogP contribution in [-0.4, -0.2) is 66.4 Å². The summed E-state index contributed by atoms with van der Waals surface area (Å²) in [6.45, 7) is 7.37. The van der Waals surface area contributed by atoms with Crippen LogP contribution >= 0.6 is 0 Å². The number of nitrogens with zero attached hydrogens (tertiary/aromatic N) is 6. The number of carbonyl (C=O) groups excluding carboxylic acids is 1. The third kappa shape index (κ3) is 4.76. The van der Waals surface area contributed by atoms with Gasteiger partial charge >= 0.3 is 0 Å². The van der Waals surface area contributed by atoms with Crippen molar-refractivity contribution in [3.05, 3.63) is 102 Å². The third-order valence-corrected chi connectivity index (χ3v) is 7.14. The van der Waals surface area contributed by atoms with Crippen molar-refractivity contribution in [2.45, 2.75) is 6.54 Å². The van der Waals surface area contributed by atoms with Crippen LogP contribution in [0.3, 0.4) is 0 Å². The molecule has 0 aliphatic carbocycles. The quantitative estimate of drug-likeness (QED) is 0.322. The first-order valence-corrected chi connectivity index (χ1v) is 13.0. The van der Waals surface area contributed by atoms with Gasteiger partial charge in [0.15, 0.2) is 11.5 Å². The van der Waals surface area contributed by atoms with Gasteiger partial charge in [-0.1, -0.05) is 18.7 Å². The lowest BCUT2D eigenvalue weighted by molar-refractivity contribution is -0.127. The number of nitrogens with one attached hydrogen (secondary N) is 1. The fraction of sp³-hybridized carbons (Fsp3) is 0.167. The second kappa shape index (κ2) is 10.6. The van der Waals surface area contributed by atoms with Gasteiger partial charge in [0, 0.05) is 50.8 Å². The number of pyridine rings is 3. The molecule has 1 fully saturated rings. The number of piperazine rings is 1. The fourth-order valence-electron chi connectivity index (χ4n) is 5.03. The second-order valence-corrected chi connectivity index (χ2v) is 9.63. The van der Waals surface area contributed by atoms with E-state index in [9.17, 15) is 9.59 Å². The van der Waals surface area contributed by atoms with Crippen molar-refractivity contribution < 1.29 is 4.79 Å². The number of H-pyrrole nitrogens is 1. The maximum Gasteiger partial charge on any atom is 0.257 e. The zero-order chi connectivity index (χ0) is 27.6. The molecule has 1 amide bonds. The van der Waals surface area contributed by atoms with Gasteiger partial charge in [-0.2, -0.15) is 0 Å². The van der Waals surface area contributed by atoms with E-state index in [2.05, 4.69) is 33.6 Å². The fourth-order valence-corrected chi connectivity index (χ4v) is 5.03. The van der Waals surface area contributed by atoms with Gasteiger partial charge in [0.2, 0.25) is 5.91 Å². The number of imidazole rings is 1. The second-order valence-electron chi connectivity index (χ2n) is 9.63. The zero-order valence-electron chi connectivity index (χ0n) is 21.8. The summed E-state index contributed by atoms with van der Waals surface area (Å²) in [5.41, 5.74) is 11.1. The molecule has 0 radical (unpaired) electrons. The van der Waals surface area contributed by atoms with Crippen LogP contribution < -0.4 is 11.3 Å². The average Bonchev–Trinajstić information content (AvgIpc) is 3.36. The minimum absolute atomic E-state index is 0.0183. The number of rotatable bonds is 6. The van der Waals surface area contributed by atoms with Crippen molar-refractivity contribution >= 4 is 22.9 Å². The molecule has 1 aliphatic rings. The van der Waals surface area contributed by atoms with Crippen LogP contribution in [0.5, 0.6) is 0 Å². The Morgan fingerprint density at radius 2 is 1.75 bits per heavy atom. The van der Waals surface area contributed by atoms with E-state index in [1.165, 1.54) is 6.08 Å². The lowest BCUT2D eigenvalue weighted by atomic mass is 10.1. The Hall–Kier alpha value is -5.09. The van der Waals surface area contributed by atoms with Crippen molar-refractivity contribution in [2.24, 2.45) is 0 Å². The standard InChI is InChI=1S/C30H28N8O2/c1-2-26(39)37-17-15-36(16-18-37)19-20-7-9-21(10-8-20)38-28(23-6-4-13-32-27(23)31)35-25-12-11-24(34-29(25)38)22-5-3-14-33-30(22)40/h2-14H,1,15-19H2,(H2,31,32)(H,33,40). The molecule has 10 nitrogen and oxygen atoms in total. The maximum atomic E-state index is 12.5. The number of aromatic amines is 1. The first-order valence-electron chi connectivity index (χ1n) is 13.0. The first kappa shape index (κ1) is 25.2. The highest BCUT2D eigenvalue weighted by Gasteiger charge is 2.21. The largest absolute Gasteiger partial charge is 0.383 e. The molecule has 5 aromatic rings. The maximum absolute atomic E-state index is 12.5. The van der Waals surface area contributed by atoms with E-state index < -0.39 is 0 Å². The van der Waals surface area contributed by atoms with Gasteiger partial charge < -0.3 is 15.6 Å². The molecule has 1 aliphatic heterocycles. The van der Waals surface area contributed by atoms with Gasteiger partial charge in [-0.25, -0.2) is 15.0 Å². The lowest BCUT2D eigenvalue weighted by Crippen LogP contribution is -2.47. The number of fused-ring (bicyclic) bond motifs is 1. The number of hydrogen-bond acceptors (Lipinski definition) is 7. The predicted octanol–water partition coefficient (Wildman–Crippen LogP) is 3.25. The van der Waals surface area contributed by atoms with Crippen molar-refractivity contribution in [2.75, 3.05) is 31.9 Å². The van der Waals surface area contributed by atoms with Crippen molar-refractivity contribution in [1.29, 1.82) is 0 Å². The van der Waals surface area contributed by atoms with Gasteiger partial charge in [0.1, 0.15) is 11.3 Å². The highest BCUT2D eigenvalue weighted by molar-refractivity contribution is 5.87. The molecule has 4 aromatic heterocycles. The lowest BCUT2D eigenvalue weighted by Gasteiger charge is -2.34. The molecular weight excluding hydrogens is 504 g/mol. The van der Waals surface area contributed by atoms with E-state index in [1.54, 1.807) is 30.6 Å². The van der Waals surface area contributed by atoms with E-state index in [-0.39, 0.29) is 11.5 Å². The van der Waals surface area contributed by atoms with E-state index in [4.69, 9.17) is 15.7 Å². The summed E-state index contributed by atoms with van der Waals surface area (Å²) in [7, 11) is 0. The number of nitrogen functional groups attached to an aromatic ring is 1. The number of amides is 1. The monoisotopic (exact) mass is 532 g/mol. The summed E-state index contributed by atoms with van der Waals surface area (Å²) in [6, 6.07) is 19.1. The van der Waals surface area contributed by atoms with Gasteiger partial charge in [-0.15, -0.1) is 0 Å². The van der Waals surface area contributed by atoms with E-state index in [1.807, 2.05) is 39.8 Å². The van der Waals surface area contributed by atoms with Gasteiger partial charge in [0.05, 0.1) is 16.8 Å². The van der Waals surface area contributed by atoms with Crippen LogP contribution in [0.25, 0.3) is 39.5 Å². The summed E-state index contributed by atoms with van der Waals surface area (Å²) in [5, 5.41) is 0. The molecule has 3 N–H and O–H groups in total. The molecule has 40 heavy (non-hydrogen) atoms. The van der Waals surface area contributed by atoms with Crippen molar-refractivity contribution in [3.8, 4) is 28.3 Å². The molecule has 0 bridgehead atoms. The van der Waals surface area contributed by atoms with Crippen LogP contribution in [0.4, 0.5) is 5.82 Å². The smallest absolute Gasteiger partial charge is 0.257 e. The van der Waals surface area contributed by atoms with Crippen LogP contribution in [0, 0.1) is 0 Å². The topological polar surface area (TPSA) is 126 Å². The Balaban J connectivity index is 1.37. The summed E-state index contributed by atoms with van der Waals surface area (Å²) in [5.74, 6) is 0.961. The van der Waals surface area contributed by atoms with Gasteiger partial charge in [-0.3, -0.25) is 19.1 Å². The summed E-state index contributed by atoms with van der Waals surface area (Å²) < 4.78 is 1.95. The average molecular weight is 533 g/mol. The normalized spacial score (nSPS) is 13.9. The molecule has 0 unspecified atom stereocenters. The Labute approximate surface area is 230 Å². The number of carbonyl (C=O) groups is 1. The Morgan fingerprint density at radius 1 is 0.975 bits per heavy atom. The molecule has 200 valence electrons. The van der Waals surface area contributed by atoms with Crippen LogP contribution in [0.1, 0.15) is 5.56 Å². The van der Waals surface area contributed by atoms with E-state index in [0.717, 1.165) is 30.9 Å². The Kier molecular flexibility index (Phi) is 6.67. The number of anilines is 1. The van der Waals surface area contributed by atoms with Gasteiger partial charge in [0.25, 0.3) is 5.56 Å². The van der Waals surface area contributed by atoms with Crippen molar-refractivity contribution in [3.63, 3.8) is 0 Å². The first-order chi connectivity index (χ1) is 19.5. The molecule has 0 saturated carbocycles. The number of hydrogen-bond donors (Lipinski definition) is 2. The van der Waals surface area contributed by atoms with Gasteiger partial charge in [-0.05, 0) is 60.2 Å². The molecule has 0 atom stereocenters. The molecule has 5 heterocycles. The highest BCUT2D eigenvalue weighted by atomic mass is 16.2.